The number of ether oxygens (including phenoxy) is 3. The van der Waals surface area contributed by atoms with Gasteiger partial charge in [0, 0.05) is 35.5 Å². The molecule has 3 N–H and O–H groups in total. The lowest BCUT2D eigenvalue weighted by molar-refractivity contribution is -0.117. The Kier molecular flexibility index (Phi) is 9.74. The van der Waals surface area contributed by atoms with Gasteiger partial charge in [-0.25, -0.2) is 23.4 Å². The number of hydrogen-bond donors (Lipinski definition) is 3. The molecule has 1 amide bonds. The number of nitrogens with one attached hydrogen (secondary N) is 3. The normalized spacial score (nSPS) is 16.8. The highest BCUT2D eigenvalue weighted by atomic mass is 35.5. The molecule has 12 nitrogen and oxygen atoms in total. The van der Waals surface area contributed by atoms with Gasteiger partial charge < -0.3 is 30.2 Å². The molecule has 0 saturated carbocycles. The predicted octanol–water partition coefficient (Wildman–Crippen LogP) is 3.34. The number of carbonyl (C=O) groups excluding carboxylic acids is 1. The molecule has 3 aromatic rings. The van der Waals surface area contributed by atoms with E-state index in [1.165, 1.54) is 20.3 Å². The molecular weight excluding hydrogens is 595 g/mol. The molecule has 41 heavy (non-hydrogen) atoms. The van der Waals surface area contributed by atoms with E-state index in [0.717, 1.165) is 0 Å². The van der Waals surface area contributed by atoms with Crippen LogP contribution in [-0.4, -0.2) is 86.8 Å². The number of halogens is 2. The highest BCUT2D eigenvalue weighted by molar-refractivity contribution is 7.91. The smallest absolute Gasteiger partial charge is 0.243 e. The number of rotatable bonds is 12. The summed E-state index contributed by atoms with van der Waals surface area (Å²) in [5.41, 5.74) is 1.15. The molecule has 0 aliphatic carbocycles. The van der Waals surface area contributed by atoms with Crippen LogP contribution in [0.5, 0.6) is 11.5 Å². The number of carbonyl (C=O) groups is 1. The van der Waals surface area contributed by atoms with Crippen LogP contribution in [0.15, 0.2) is 31.0 Å². The van der Waals surface area contributed by atoms with Crippen LogP contribution in [0.2, 0.25) is 10.0 Å². The zero-order valence-electron chi connectivity index (χ0n) is 22.7. The standard InChI is InChI=1S/C26H30Cl2N6O6S/c1-5-20(35)31-16-12-40-13-17(16)33-26-30-11-14-9-15(21-22(27)18(38-3)10-19(39-4)23(21)28)32-25(24(14)34-26)29-7-8-41(36,37)6-2/h5,9-11,16-17H,1,6-8,12-13H2,2-4H3,(H,29,32)(H,31,35)(H,30,33,34)/t16-,17+/m0/s1. The van der Waals surface area contributed by atoms with Gasteiger partial charge in [0.2, 0.25) is 11.9 Å². The van der Waals surface area contributed by atoms with Crippen molar-refractivity contribution in [2.24, 2.45) is 0 Å². The van der Waals surface area contributed by atoms with Gasteiger partial charge in [0.05, 0.1) is 61.0 Å². The highest BCUT2D eigenvalue weighted by Gasteiger charge is 2.30. The monoisotopic (exact) mass is 624 g/mol. The van der Waals surface area contributed by atoms with Crippen LogP contribution >= 0.6 is 23.2 Å². The summed E-state index contributed by atoms with van der Waals surface area (Å²) in [7, 11) is -0.304. The van der Waals surface area contributed by atoms with E-state index in [4.69, 9.17) is 42.4 Å². The van der Waals surface area contributed by atoms with Gasteiger partial charge in [0.1, 0.15) is 17.0 Å². The lowest BCUT2D eigenvalue weighted by atomic mass is 10.1. The number of benzene rings is 1. The molecule has 2 atom stereocenters. The van der Waals surface area contributed by atoms with Crippen LogP contribution in [-0.2, 0) is 19.4 Å². The minimum absolute atomic E-state index is 0.0149. The van der Waals surface area contributed by atoms with Crippen LogP contribution in [0.1, 0.15) is 6.92 Å². The molecule has 4 rings (SSSR count). The summed E-state index contributed by atoms with van der Waals surface area (Å²) in [6.07, 6.45) is 2.79. The Morgan fingerprint density at radius 1 is 1.15 bits per heavy atom. The molecule has 0 bridgehead atoms. The van der Waals surface area contributed by atoms with Gasteiger partial charge in [0.25, 0.3) is 0 Å². The van der Waals surface area contributed by atoms with E-state index in [2.05, 4.69) is 32.5 Å². The first kappa shape index (κ1) is 30.6. The number of sulfone groups is 1. The molecule has 220 valence electrons. The van der Waals surface area contributed by atoms with Crippen molar-refractivity contribution in [3.63, 3.8) is 0 Å². The minimum Gasteiger partial charge on any atom is -0.495 e. The van der Waals surface area contributed by atoms with Gasteiger partial charge in [-0.1, -0.05) is 36.7 Å². The van der Waals surface area contributed by atoms with Crippen molar-refractivity contribution in [2.75, 3.05) is 56.1 Å². The molecular formula is C26H30Cl2N6O6S. The average molecular weight is 626 g/mol. The van der Waals surface area contributed by atoms with Crippen LogP contribution in [0.3, 0.4) is 0 Å². The van der Waals surface area contributed by atoms with E-state index in [-0.39, 0.29) is 52.0 Å². The lowest BCUT2D eigenvalue weighted by Gasteiger charge is -2.20. The largest absolute Gasteiger partial charge is 0.495 e. The zero-order chi connectivity index (χ0) is 29.7. The summed E-state index contributed by atoms with van der Waals surface area (Å²) in [4.78, 5) is 25.7. The third-order valence-electron chi connectivity index (χ3n) is 6.45. The Bertz CT molecular complexity index is 1540. The fourth-order valence-corrected chi connectivity index (χ4v) is 5.58. The van der Waals surface area contributed by atoms with Crippen molar-refractivity contribution in [3.05, 3.63) is 41.0 Å². The molecule has 0 unspecified atom stereocenters. The van der Waals surface area contributed by atoms with Crippen molar-refractivity contribution < 1.29 is 27.4 Å². The first-order valence-corrected chi connectivity index (χ1v) is 15.2. The number of anilines is 2. The highest BCUT2D eigenvalue weighted by Crippen LogP contribution is 2.46. The lowest BCUT2D eigenvalue weighted by Crippen LogP contribution is -2.45. The van der Waals surface area contributed by atoms with E-state index < -0.39 is 9.84 Å². The van der Waals surface area contributed by atoms with Crippen LogP contribution < -0.4 is 25.4 Å². The van der Waals surface area contributed by atoms with E-state index in [1.807, 2.05) is 0 Å². The second-order valence-corrected chi connectivity index (χ2v) is 12.3. The van der Waals surface area contributed by atoms with Gasteiger partial charge in [-0.3, -0.25) is 4.79 Å². The van der Waals surface area contributed by atoms with Crippen molar-refractivity contribution in [2.45, 2.75) is 19.0 Å². The predicted molar refractivity (Wildman–Crippen MR) is 159 cm³/mol. The summed E-state index contributed by atoms with van der Waals surface area (Å²) >= 11 is 13.3. The second kappa shape index (κ2) is 13.1. The number of hydrogen-bond acceptors (Lipinski definition) is 11. The Balaban J connectivity index is 1.77. The maximum Gasteiger partial charge on any atom is 0.243 e. The Hall–Kier alpha value is -3.39. The number of amides is 1. The first-order chi connectivity index (χ1) is 19.6. The number of aromatic nitrogens is 3. The molecule has 0 radical (unpaired) electrons. The summed E-state index contributed by atoms with van der Waals surface area (Å²) in [6.45, 7) is 5.80. The minimum atomic E-state index is -3.24. The SMILES string of the molecule is C=CC(=O)N[C@H]1COC[C@H]1Nc1ncc2cc(-c3c(Cl)c(OC)cc(OC)c3Cl)nc(NCCS(=O)(=O)CC)c2n1. The summed E-state index contributed by atoms with van der Waals surface area (Å²) in [6, 6.07) is 2.67. The van der Waals surface area contributed by atoms with Crippen molar-refractivity contribution in [1.82, 2.24) is 20.3 Å². The number of fused-ring (bicyclic) bond motifs is 1. The first-order valence-electron chi connectivity index (χ1n) is 12.6. The average Bonchev–Trinajstić information content (AvgIpc) is 3.39. The molecule has 1 aliphatic heterocycles. The fourth-order valence-electron chi connectivity index (χ4n) is 4.19. The Morgan fingerprint density at radius 3 is 2.46 bits per heavy atom. The molecule has 0 spiro atoms. The molecule has 1 saturated heterocycles. The quantitative estimate of drug-likeness (QED) is 0.254. The molecule has 1 fully saturated rings. The molecule has 15 heteroatoms. The maximum atomic E-state index is 12.1. The van der Waals surface area contributed by atoms with Crippen molar-refractivity contribution >= 4 is 61.6 Å². The number of methoxy groups -OCH3 is 2. The van der Waals surface area contributed by atoms with Gasteiger partial charge in [0.15, 0.2) is 15.7 Å². The zero-order valence-corrected chi connectivity index (χ0v) is 25.0. The van der Waals surface area contributed by atoms with E-state index in [1.54, 1.807) is 25.3 Å². The summed E-state index contributed by atoms with van der Waals surface area (Å²) in [5, 5.41) is 10.1. The Morgan fingerprint density at radius 2 is 1.83 bits per heavy atom. The van der Waals surface area contributed by atoms with Crippen LogP contribution in [0.25, 0.3) is 22.2 Å². The van der Waals surface area contributed by atoms with Crippen molar-refractivity contribution in [1.29, 1.82) is 0 Å². The van der Waals surface area contributed by atoms with E-state index in [9.17, 15) is 13.2 Å². The number of nitrogens with zero attached hydrogens (tertiary/aromatic N) is 3. The maximum absolute atomic E-state index is 12.1. The molecule has 3 heterocycles. The van der Waals surface area contributed by atoms with E-state index >= 15 is 0 Å². The number of pyridine rings is 1. The van der Waals surface area contributed by atoms with Crippen LogP contribution in [0.4, 0.5) is 11.8 Å². The Labute approximate surface area is 247 Å². The van der Waals surface area contributed by atoms with Gasteiger partial charge in [-0.2, -0.15) is 0 Å². The van der Waals surface area contributed by atoms with Crippen LogP contribution in [0, 0.1) is 0 Å². The topological polar surface area (TPSA) is 154 Å². The van der Waals surface area contributed by atoms with Gasteiger partial charge in [-0.05, 0) is 12.1 Å². The molecule has 1 aromatic carbocycles. The van der Waals surface area contributed by atoms with Crippen molar-refractivity contribution in [3.8, 4) is 22.8 Å². The summed E-state index contributed by atoms with van der Waals surface area (Å²) < 4.78 is 40.6. The third-order valence-corrected chi connectivity index (χ3v) is 8.91. The fraction of sp³-hybridized carbons (Fsp3) is 0.385. The van der Waals surface area contributed by atoms with Gasteiger partial charge >= 0.3 is 0 Å². The second-order valence-electron chi connectivity index (χ2n) is 9.04. The van der Waals surface area contributed by atoms with Gasteiger partial charge in [-0.15, -0.1) is 0 Å². The van der Waals surface area contributed by atoms with E-state index in [0.29, 0.717) is 52.7 Å². The summed E-state index contributed by atoms with van der Waals surface area (Å²) in [5.74, 6) is 0.823. The molecule has 2 aromatic heterocycles. The molecule has 1 aliphatic rings. The third kappa shape index (κ3) is 6.92.